The minimum Gasteiger partial charge on any atom is -0.375 e. The van der Waals surface area contributed by atoms with Gasteiger partial charge in [0.25, 0.3) is 0 Å². The average Bonchev–Trinajstić information content (AvgIpc) is 3.95. The van der Waals surface area contributed by atoms with E-state index in [2.05, 4.69) is 114 Å². The number of hydrogen-bond acceptors (Lipinski definition) is 3. The normalized spacial score (nSPS) is 47.2. The molecule has 0 spiro atoms. The Kier molecular flexibility index (Phi) is 14.9. The van der Waals surface area contributed by atoms with E-state index in [9.17, 15) is 0 Å². The quantitative estimate of drug-likeness (QED) is 0.192. The summed E-state index contributed by atoms with van der Waals surface area (Å²) in [6, 6.07) is 4.00. The first kappa shape index (κ1) is 49.1. The number of nitrogens with zero attached hydrogens (tertiary/aromatic N) is 2. The minimum atomic E-state index is 0.442. The summed E-state index contributed by atoms with van der Waals surface area (Å²) in [5.41, 5.74) is 2.34. The molecule has 0 N–H and O–H groups in total. The van der Waals surface area contributed by atoms with Gasteiger partial charge in [-0.2, -0.15) is 0 Å². The van der Waals surface area contributed by atoms with Crippen molar-refractivity contribution >= 4 is 0 Å². The summed E-state index contributed by atoms with van der Waals surface area (Å²) < 4.78 is 7.09. The Morgan fingerprint density at radius 1 is 0.569 bits per heavy atom. The number of rotatable bonds is 11. The average molecular weight is 972 g/mol. The van der Waals surface area contributed by atoms with Crippen molar-refractivity contribution in [3.8, 4) is 0 Å². The molecule has 72 heavy (non-hydrogen) atoms. The number of fused-ring (bicyclic) bond motifs is 6. The van der Waals surface area contributed by atoms with Crippen LogP contribution in [-0.4, -0.2) is 58.3 Å². The summed E-state index contributed by atoms with van der Waals surface area (Å²) in [6.07, 6.45) is 83.7. The lowest BCUT2D eigenvalue weighted by Crippen LogP contribution is -2.55. The zero-order valence-electron chi connectivity index (χ0n) is 45.0. The fraction of sp³-hybridized carbons (Fsp3) is 0.739. The van der Waals surface area contributed by atoms with Crippen molar-refractivity contribution in [3.05, 3.63) is 109 Å². The molecule has 0 radical (unpaired) electrons. The number of likely N-dealkylation sites (tertiary alicyclic amines) is 1. The van der Waals surface area contributed by atoms with E-state index in [0.717, 1.165) is 71.3 Å². The van der Waals surface area contributed by atoms with E-state index in [1.165, 1.54) is 193 Å². The van der Waals surface area contributed by atoms with Crippen LogP contribution in [0.25, 0.3) is 0 Å². The Hall–Kier alpha value is -2.46. The van der Waals surface area contributed by atoms with Crippen molar-refractivity contribution in [1.29, 1.82) is 0 Å². The zero-order valence-corrected chi connectivity index (χ0v) is 45.0. The number of hydrogen-bond donors (Lipinski definition) is 0. The third-order valence-corrected chi connectivity index (χ3v) is 24.1. The summed E-state index contributed by atoms with van der Waals surface area (Å²) in [7, 11) is 0. The smallest absolute Gasteiger partial charge is 0.0579 e. The van der Waals surface area contributed by atoms with Gasteiger partial charge >= 0.3 is 0 Å². The summed E-state index contributed by atoms with van der Waals surface area (Å²) in [6.45, 7) is 4.14. The van der Waals surface area contributed by atoms with Crippen molar-refractivity contribution in [3.63, 3.8) is 0 Å². The minimum absolute atomic E-state index is 0.442. The summed E-state index contributed by atoms with van der Waals surface area (Å²) in [5.74, 6) is 9.48. The SMILES string of the molecule is C=CC1CCC(OC2CCC(C3(C4CCCCC4)C4C=CCCC4C4C=CC(N(C5C=CCC(C6C=CC=CC6)C5)C5CCC(C6=CC7C8CC=CCC8N(C8C=CCCC8)C7CC6)CC5)CC43)CC2)CC1. The van der Waals surface area contributed by atoms with Gasteiger partial charge in [0.15, 0.2) is 0 Å². The summed E-state index contributed by atoms with van der Waals surface area (Å²) in [4.78, 5) is 6.36. The van der Waals surface area contributed by atoms with Gasteiger partial charge in [0.2, 0.25) is 0 Å². The molecule has 13 rings (SSSR count). The van der Waals surface area contributed by atoms with Gasteiger partial charge in [-0.05, 0) is 250 Å². The first-order chi connectivity index (χ1) is 35.6. The molecule has 3 nitrogen and oxygen atoms in total. The van der Waals surface area contributed by atoms with Crippen LogP contribution in [0, 0.1) is 76.4 Å². The second-order valence-corrected chi connectivity index (χ2v) is 27.1. The molecule has 0 amide bonds. The van der Waals surface area contributed by atoms with Crippen LogP contribution < -0.4 is 0 Å². The topological polar surface area (TPSA) is 15.7 Å². The van der Waals surface area contributed by atoms with Gasteiger partial charge in [-0.15, -0.1) is 6.58 Å². The first-order valence-corrected chi connectivity index (χ1v) is 31.8. The van der Waals surface area contributed by atoms with Crippen LogP contribution in [0.2, 0.25) is 0 Å². The molecular formula is C69H98N2O. The van der Waals surface area contributed by atoms with E-state index >= 15 is 0 Å². The third-order valence-electron chi connectivity index (χ3n) is 24.1. The molecular weight excluding hydrogens is 873 g/mol. The molecule has 0 aromatic heterocycles. The highest BCUT2D eigenvalue weighted by Gasteiger charge is 2.65. The van der Waals surface area contributed by atoms with E-state index in [1.807, 2.05) is 5.57 Å². The predicted octanol–water partition coefficient (Wildman–Crippen LogP) is 16.8. The molecule has 0 bridgehead atoms. The summed E-state index contributed by atoms with van der Waals surface area (Å²) >= 11 is 0. The van der Waals surface area contributed by atoms with Crippen LogP contribution in [-0.2, 0) is 4.74 Å². The molecule has 0 aromatic rings. The molecule has 3 heteroatoms. The molecule has 12 aliphatic carbocycles. The van der Waals surface area contributed by atoms with Gasteiger partial charge in [0.05, 0.1) is 12.2 Å². The Labute approximate surface area is 439 Å². The molecule has 14 atom stereocenters. The fourth-order valence-corrected chi connectivity index (χ4v) is 21.0. The van der Waals surface area contributed by atoms with Crippen LogP contribution in [0.3, 0.4) is 0 Å². The van der Waals surface area contributed by atoms with Crippen molar-refractivity contribution < 1.29 is 4.74 Å². The fourth-order valence-electron chi connectivity index (χ4n) is 21.0. The third kappa shape index (κ3) is 9.28. The standard InChI is InChI=1S/C69H98N2O/c1-2-48-29-39-59(40-30-48)72-60-41-34-54(35-42-60)69(53-20-8-4-9-21-53)65-27-14-12-25-61(65)62-43-38-58(47-66(62)69)70(57-24-16-19-51(45-57)49-17-6-3-7-18-49)56-36-31-50(32-37-56)52-33-44-68-64(46-52)63-26-13-15-28-67(63)71(68)55-22-10-5-11-23-55/h2-3,6-7,10,13-17,22,24,27,38,43,46,48-51,53-68H,1,4-5,8-9,11-12,18-21,23,25-26,28-37,39-42,44-45,47H2. The van der Waals surface area contributed by atoms with Gasteiger partial charge in [-0.1, -0.05) is 122 Å². The highest BCUT2D eigenvalue weighted by molar-refractivity contribution is 5.28. The number of allylic oxidation sites excluding steroid dienone is 12. The van der Waals surface area contributed by atoms with E-state index in [-0.39, 0.29) is 0 Å². The summed E-state index contributed by atoms with van der Waals surface area (Å²) in [5, 5.41) is 0. The highest BCUT2D eigenvalue weighted by Crippen LogP contribution is 2.70. The van der Waals surface area contributed by atoms with Gasteiger partial charge in [0, 0.05) is 36.3 Å². The van der Waals surface area contributed by atoms with E-state index in [4.69, 9.17) is 4.74 Å². The van der Waals surface area contributed by atoms with Crippen molar-refractivity contribution in [2.75, 3.05) is 0 Å². The van der Waals surface area contributed by atoms with Gasteiger partial charge < -0.3 is 4.74 Å². The molecule has 0 aromatic carbocycles. The van der Waals surface area contributed by atoms with E-state index < -0.39 is 0 Å². The molecule has 1 aliphatic heterocycles. The molecule has 13 aliphatic rings. The predicted molar refractivity (Wildman–Crippen MR) is 300 cm³/mol. The van der Waals surface area contributed by atoms with E-state index in [0.29, 0.717) is 53.6 Å². The van der Waals surface area contributed by atoms with Crippen LogP contribution in [0.15, 0.2) is 109 Å². The molecule has 5 saturated carbocycles. The highest BCUT2D eigenvalue weighted by atomic mass is 16.5. The lowest BCUT2D eigenvalue weighted by atomic mass is 9.49. The van der Waals surface area contributed by atoms with Crippen molar-refractivity contribution in [2.24, 2.45) is 76.4 Å². The largest absolute Gasteiger partial charge is 0.375 e. The maximum atomic E-state index is 7.09. The zero-order chi connectivity index (χ0) is 48.0. The lowest BCUT2D eigenvalue weighted by Gasteiger charge is -2.57. The van der Waals surface area contributed by atoms with Gasteiger partial charge in [0.1, 0.15) is 0 Å². The molecule has 14 unspecified atom stereocenters. The molecule has 1 heterocycles. The maximum Gasteiger partial charge on any atom is 0.0579 e. The Bertz CT molecular complexity index is 2110. The van der Waals surface area contributed by atoms with Crippen LogP contribution in [0.5, 0.6) is 0 Å². The maximum absolute atomic E-state index is 7.09. The number of ether oxygens (including phenoxy) is 1. The molecule has 1 saturated heterocycles. The Morgan fingerprint density at radius 3 is 2.15 bits per heavy atom. The first-order valence-electron chi connectivity index (χ1n) is 31.8. The van der Waals surface area contributed by atoms with Crippen LogP contribution in [0.4, 0.5) is 0 Å². The van der Waals surface area contributed by atoms with E-state index in [1.54, 1.807) is 0 Å². The van der Waals surface area contributed by atoms with Gasteiger partial charge in [-0.25, -0.2) is 0 Å². The second kappa shape index (κ2) is 21.9. The Morgan fingerprint density at radius 2 is 1.36 bits per heavy atom. The molecule has 390 valence electrons. The van der Waals surface area contributed by atoms with Crippen molar-refractivity contribution in [2.45, 2.75) is 241 Å². The van der Waals surface area contributed by atoms with Crippen LogP contribution in [0.1, 0.15) is 193 Å². The van der Waals surface area contributed by atoms with Crippen LogP contribution >= 0.6 is 0 Å². The Balaban J connectivity index is 0.775. The second-order valence-electron chi connectivity index (χ2n) is 27.1. The lowest BCUT2D eigenvalue weighted by molar-refractivity contribution is -0.0970. The van der Waals surface area contributed by atoms with Crippen molar-refractivity contribution in [1.82, 2.24) is 9.80 Å². The van der Waals surface area contributed by atoms with Gasteiger partial charge in [-0.3, -0.25) is 9.80 Å². The molecule has 6 fully saturated rings. The monoisotopic (exact) mass is 971 g/mol.